The lowest BCUT2D eigenvalue weighted by molar-refractivity contribution is 0.413. The molecule has 0 saturated carbocycles. The van der Waals surface area contributed by atoms with Crippen LogP contribution in [0.1, 0.15) is 5.56 Å². The summed E-state index contributed by atoms with van der Waals surface area (Å²) in [7, 11) is -2.30. The van der Waals surface area contributed by atoms with E-state index in [-0.39, 0.29) is 4.90 Å². The molecular formula is C26H21BrClN5O3S. The normalized spacial score (nSPS) is 11.4. The average Bonchev–Trinajstić information content (AvgIpc) is 3.28. The second kappa shape index (κ2) is 10.4. The SMILES string of the molecule is COc1cccc(S(=O)(=O)Nc2cccc(CNc3cc(-c4ccccc4Cl)nc4c(Br)cnn34)c2)c1. The molecule has 0 amide bonds. The van der Waals surface area contributed by atoms with E-state index in [2.05, 4.69) is 31.1 Å². The van der Waals surface area contributed by atoms with E-state index in [1.54, 1.807) is 41.0 Å². The summed E-state index contributed by atoms with van der Waals surface area (Å²) in [6.07, 6.45) is 1.68. The van der Waals surface area contributed by atoms with Crippen molar-refractivity contribution in [1.82, 2.24) is 14.6 Å². The number of methoxy groups -OCH3 is 1. The highest BCUT2D eigenvalue weighted by Gasteiger charge is 2.16. The van der Waals surface area contributed by atoms with Gasteiger partial charge in [-0.3, -0.25) is 4.72 Å². The number of anilines is 2. The van der Waals surface area contributed by atoms with Gasteiger partial charge in [0.05, 0.1) is 28.4 Å². The van der Waals surface area contributed by atoms with E-state index in [0.717, 1.165) is 15.6 Å². The average molecular weight is 599 g/mol. The van der Waals surface area contributed by atoms with E-state index in [1.807, 2.05) is 36.4 Å². The summed E-state index contributed by atoms with van der Waals surface area (Å²) in [6.45, 7) is 0.410. The van der Waals surface area contributed by atoms with Gasteiger partial charge in [0.25, 0.3) is 10.0 Å². The van der Waals surface area contributed by atoms with Crippen molar-refractivity contribution in [3.63, 3.8) is 0 Å². The second-order valence-electron chi connectivity index (χ2n) is 8.07. The van der Waals surface area contributed by atoms with Crippen molar-refractivity contribution in [2.75, 3.05) is 17.1 Å². The Morgan fingerprint density at radius 1 is 1.03 bits per heavy atom. The van der Waals surface area contributed by atoms with Crippen LogP contribution in [0.3, 0.4) is 0 Å². The van der Waals surface area contributed by atoms with Crippen LogP contribution in [0.15, 0.2) is 94.4 Å². The molecule has 37 heavy (non-hydrogen) atoms. The lowest BCUT2D eigenvalue weighted by atomic mass is 10.1. The van der Waals surface area contributed by atoms with Crippen molar-refractivity contribution in [2.45, 2.75) is 11.4 Å². The van der Waals surface area contributed by atoms with Crippen molar-refractivity contribution in [2.24, 2.45) is 0 Å². The number of hydrogen-bond acceptors (Lipinski definition) is 6. The highest BCUT2D eigenvalue weighted by molar-refractivity contribution is 9.10. The third-order valence-corrected chi connectivity index (χ3v) is 7.85. The van der Waals surface area contributed by atoms with Gasteiger partial charge in [0.15, 0.2) is 5.65 Å². The van der Waals surface area contributed by atoms with Crippen LogP contribution in [0.2, 0.25) is 5.02 Å². The first-order valence-corrected chi connectivity index (χ1v) is 13.8. The third-order valence-electron chi connectivity index (χ3n) is 5.58. The Bertz CT molecular complexity index is 1710. The largest absolute Gasteiger partial charge is 0.497 e. The molecule has 0 radical (unpaired) electrons. The monoisotopic (exact) mass is 597 g/mol. The zero-order chi connectivity index (χ0) is 26.0. The van der Waals surface area contributed by atoms with Crippen LogP contribution in [-0.4, -0.2) is 30.1 Å². The minimum Gasteiger partial charge on any atom is -0.497 e. The number of nitrogens with zero attached hydrogens (tertiary/aromatic N) is 3. The molecule has 0 atom stereocenters. The Morgan fingerprint density at radius 3 is 2.65 bits per heavy atom. The van der Waals surface area contributed by atoms with Crippen molar-refractivity contribution >= 4 is 54.7 Å². The predicted octanol–water partition coefficient (Wildman–Crippen LogP) is 6.23. The minimum atomic E-state index is -3.79. The standard InChI is InChI=1S/C26H21BrClN5O3S/c1-36-19-8-5-9-20(13-19)37(34,35)32-18-7-4-6-17(12-18)15-29-25-14-24(21-10-2-3-11-23(21)28)31-26-22(27)16-30-33(25)26/h2-14,16,29,32H,15H2,1H3. The summed E-state index contributed by atoms with van der Waals surface area (Å²) in [5.41, 5.74) is 3.44. The predicted molar refractivity (Wildman–Crippen MR) is 149 cm³/mol. The molecule has 2 aromatic heterocycles. The Kier molecular flexibility index (Phi) is 7.05. The van der Waals surface area contributed by atoms with Crippen LogP contribution >= 0.6 is 27.5 Å². The van der Waals surface area contributed by atoms with Crippen LogP contribution < -0.4 is 14.8 Å². The van der Waals surface area contributed by atoms with Crippen LogP contribution in [0, 0.1) is 0 Å². The van der Waals surface area contributed by atoms with Gasteiger partial charge in [-0.1, -0.05) is 48.0 Å². The smallest absolute Gasteiger partial charge is 0.262 e. The molecule has 0 fully saturated rings. The van der Waals surface area contributed by atoms with E-state index < -0.39 is 10.0 Å². The van der Waals surface area contributed by atoms with Crippen molar-refractivity contribution < 1.29 is 13.2 Å². The molecule has 0 aliphatic heterocycles. The zero-order valence-corrected chi connectivity index (χ0v) is 22.7. The first kappa shape index (κ1) is 25.1. The molecule has 0 aliphatic rings. The van der Waals surface area contributed by atoms with Crippen LogP contribution in [0.25, 0.3) is 16.9 Å². The molecule has 0 spiro atoms. The summed E-state index contributed by atoms with van der Waals surface area (Å²) in [6, 6.07) is 22.9. The maximum Gasteiger partial charge on any atom is 0.262 e. The Labute approximate surface area is 227 Å². The fourth-order valence-corrected chi connectivity index (χ4v) is 5.45. The molecule has 0 bridgehead atoms. The molecule has 5 rings (SSSR count). The van der Waals surface area contributed by atoms with Gasteiger partial charge >= 0.3 is 0 Å². The molecule has 2 heterocycles. The lowest BCUT2D eigenvalue weighted by Crippen LogP contribution is -2.13. The maximum atomic E-state index is 12.9. The number of benzene rings is 3. The van der Waals surface area contributed by atoms with Crippen molar-refractivity contribution in [3.05, 3.63) is 100 Å². The molecule has 0 aliphatic carbocycles. The summed E-state index contributed by atoms with van der Waals surface area (Å²) >= 11 is 9.93. The second-order valence-corrected chi connectivity index (χ2v) is 11.0. The number of hydrogen-bond donors (Lipinski definition) is 2. The molecule has 11 heteroatoms. The zero-order valence-electron chi connectivity index (χ0n) is 19.5. The Morgan fingerprint density at radius 2 is 1.84 bits per heavy atom. The van der Waals surface area contributed by atoms with Gasteiger partial charge in [-0.05, 0) is 51.8 Å². The molecule has 5 aromatic rings. The van der Waals surface area contributed by atoms with Gasteiger partial charge in [-0.15, -0.1) is 0 Å². The van der Waals surface area contributed by atoms with E-state index in [9.17, 15) is 8.42 Å². The summed E-state index contributed by atoms with van der Waals surface area (Å²) in [5.74, 6) is 1.17. The highest BCUT2D eigenvalue weighted by atomic mass is 79.9. The molecule has 3 aromatic carbocycles. The van der Waals surface area contributed by atoms with Gasteiger partial charge in [0.1, 0.15) is 11.6 Å². The van der Waals surface area contributed by atoms with E-state index >= 15 is 0 Å². The fourth-order valence-electron chi connectivity index (χ4n) is 3.79. The molecule has 0 saturated heterocycles. The van der Waals surface area contributed by atoms with Gasteiger partial charge in [-0.25, -0.2) is 13.4 Å². The molecule has 2 N–H and O–H groups in total. The number of rotatable bonds is 8. The fraction of sp³-hybridized carbons (Fsp3) is 0.0769. The first-order chi connectivity index (χ1) is 17.8. The number of nitrogens with one attached hydrogen (secondary N) is 2. The van der Waals surface area contributed by atoms with E-state index in [4.69, 9.17) is 21.3 Å². The number of fused-ring (bicyclic) bond motifs is 1. The van der Waals surface area contributed by atoms with E-state index in [1.165, 1.54) is 19.2 Å². The number of sulfonamides is 1. The molecular weight excluding hydrogens is 578 g/mol. The van der Waals surface area contributed by atoms with Crippen LogP contribution in [0.4, 0.5) is 11.5 Å². The Hall–Kier alpha value is -3.60. The molecule has 0 unspecified atom stereocenters. The van der Waals surface area contributed by atoms with Gasteiger partial charge in [-0.2, -0.15) is 9.61 Å². The summed E-state index contributed by atoms with van der Waals surface area (Å²) < 4.78 is 36.0. The van der Waals surface area contributed by atoms with Gasteiger partial charge in [0.2, 0.25) is 0 Å². The van der Waals surface area contributed by atoms with Crippen molar-refractivity contribution in [1.29, 1.82) is 0 Å². The van der Waals surface area contributed by atoms with Gasteiger partial charge < -0.3 is 10.1 Å². The Balaban J connectivity index is 1.40. The van der Waals surface area contributed by atoms with Crippen LogP contribution in [-0.2, 0) is 16.6 Å². The highest BCUT2D eigenvalue weighted by Crippen LogP contribution is 2.30. The first-order valence-electron chi connectivity index (χ1n) is 11.1. The van der Waals surface area contributed by atoms with E-state index in [0.29, 0.717) is 40.2 Å². The topological polar surface area (TPSA) is 97.6 Å². The number of halogens is 2. The maximum absolute atomic E-state index is 12.9. The minimum absolute atomic E-state index is 0.117. The third kappa shape index (κ3) is 5.41. The lowest BCUT2D eigenvalue weighted by Gasteiger charge is -2.13. The quantitative estimate of drug-likeness (QED) is 0.220. The molecule has 188 valence electrons. The van der Waals surface area contributed by atoms with Crippen LogP contribution in [0.5, 0.6) is 5.75 Å². The number of aromatic nitrogens is 3. The van der Waals surface area contributed by atoms with Crippen molar-refractivity contribution in [3.8, 4) is 17.0 Å². The molecule has 8 nitrogen and oxygen atoms in total. The summed E-state index contributed by atoms with van der Waals surface area (Å²) in [4.78, 5) is 4.84. The summed E-state index contributed by atoms with van der Waals surface area (Å²) in [5, 5.41) is 8.39. The number of ether oxygens (including phenoxy) is 1. The van der Waals surface area contributed by atoms with Gasteiger partial charge in [0, 0.05) is 35.0 Å².